The fraction of sp³-hybridized carbons (Fsp3) is 0.632. The van der Waals surface area contributed by atoms with E-state index >= 15 is 0 Å². The zero-order valence-electron chi connectivity index (χ0n) is 14.0. The molecule has 0 unspecified atom stereocenters. The van der Waals surface area contributed by atoms with Crippen LogP contribution in [0.3, 0.4) is 0 Å². The summed E-state index contributed by atoms with van der Waals surface area (Å²) < 4.78 is 0. The molecule has 4 aliphatic rings. The lowest BCUT2D eigenvalue weighted by molar-refractivity contribution is -0.384. The quantitative estimate of drug-likeness (QED) is 0.672. The third-order valence-electron chi connectivity index (χ3n) is 6.69. The molecule has 1 amide bonds. The molecule has 5 nitrogen and oxygen atoms in total. The van der Waals surface area contributed by atoms with E-state index in [9.17, 15) is 14.9 Å². The van der Waals surface area contributed by atoms with Crippen molar-refractivity contribution in [3.63, 3.8) is 0 Å². The van der Waals surface area contributed by atoms with Crippen molar-refractivity contribution >= 4 is 11.6 Å². The molecular weight excluding hydrogens is 304 g/mol. The van der Waals surface area contributed by atoms with Crippen LogP contribution in [-0.4, -0.2) is 16.9 Å². The molecule has 0 radical (unpaired) electrons. The molecule has 128 valence electrons. The van der Waals surface area contributed by atoms with Gasteiger partial charge in [0.15, 0.2) is 0 Å². The zero-order chi connectivity index (χ0) is 16.9. The van der Waals surface area contributed by atoms with Crippen LogP contribution in [0.25, 0.3) is 0 Å². The van der Waals surface area contributed by atoms with Gasteiger partial charge in [0.25, 0.3) is 11.6 Å². The Balaban J connectivity index is 1.46. The average molecular weight is 328 g/mol. The summed E-state index contributed by atoms with van der Waals surface area (Å²) in [6, 6.07) is 6.03. The first kappa shape index (κ1) is 15.6. The highest BCUT2D eigenvalue weighted by molar-refractivity contribution is 5.94. The highest BCUT2D eigenvalue weighted by Crippen LogP contribution is 2.61. The summed E-state index contributed by atoms with van der Waals surface area (Å²) in [4.78, 5) is 22.8. The molecule has 5 rings (SSSR count). The number of hydrogen-bond donors (Lipinski definition) is 1. The Morgan fingerprint density at radius 2 is 1.62 bits per heavy atom. The number of nitrogens with zero attached hydrogens (tertiary/aromatic N) is 1. The number of nitro groups is 1. The number of rotatable bonds is 4. The second kappa shape index (κ2) is 5.57. The molecule has 0 spiro atoms. The van der Waals surface area contributed by atoms with E-state index in [1.807, 2.05) is 0 Å². The number of non-ortho nitro benzene ring substituents is 1. The summed E-state index contributed by atoms with van der Waals surface area (Å²) in [5.41, 5.74) is 0.781. The normalized spacial score (nSPS) is 34.8. The predicted molar refractivity (Wildman–Crippen MR) is 90.6 cm³/mol. The van der Waals surface area contributed by atoms with E-state index in [4.69, 9.17) is 0 Å². The predicted octanol–water partition coefficient (Wildman–Crippen LogP) is 3.93. The fourth-order valence-corrected chi connectivity index (χ4v) is 5.88. The van der Waals surface area contributed by atoms with Crippen LogP contribution >= 0.6 is 0 Å². The second-order valence-electron chi connectivity index (χ2n) is 8.28. The van der Waals surface area contributed by atoms with Gasteiger partial charge in [-0.1, -0.05) is 0 Å². The van der Waals surface area contributed by atoms with Crippen molar-refractivity contribution in [2.45, 2.75) is 51.5 Å². The van der Waals surface area contributed by atoms with E-state index in [0.717, 1.165) is 17.8 Å². The number of carbonyl (C=O) groups is 1. The van der Waals surface area contributed by atoms with Crippen molar-refractivity contribution in [1.82, 2.24) is 5.32 Å². The molecule has 5 heteroatoms. The molecule has 4 aliphatic carbocycles. The van der Waals surface area contributed by atoms with Crippen LogP contribution in [-0.2, 0) is 0 Å². The number of benzene rings is 1. The van der Waals surface area contributed by atoms with Crippen LogP contribution in [0.4, 0.5) is 5.69 Å². The van der Waals surface area contributed by atoms with Gasteiger partial charge in [-0.05, 0) is 80.8 Å². The van der Waals surface area contributed by atoms with Crippen molar-refractivity contribution < 1.29 is 9.72 Å². The standard InChI is InChI=1S/C19H24N2O3/c1-12(19-9-13-6-14(10-19)8-15(7-13)11-19)20-18(22)16-2-4-17(5-3-16)21(23)24/h2-5,12-15H,6-11H2,1H3,(H,20,22)/t12-,13?,14?,15?,19?/m0/s1. The molecule has 0 aliphatic heterocycles. The van der Waals surface area contributed by atoms with Crippen LogP contribution < -0.4 is 5.32 Å². The van der Waals surface area contributed by atoms with Gasteiger partial charge in [-0.15, -0.1) is 0 Å². The van der Waals surface area contributed by atoms with Gasteiger partial charge < -0.3 is 5.32 Å². The van der Waals surface area contributed by atoms with E-state index in [1.165, 1.54) is 50.7 Å². The molecule has 4 bridgehead atoms. The highest BCUT2D eigenvalue weighted by atomic mass is 16.6. The van der Waals surface area contributed by atoms with Crippen LogP contribution in [0.15, 0.2) is 24.3 Å². The molecule has 0 saturated heterocycles. The number of amides is 1. The van der Waals surface area contributed by atoms with Crippen molar-refractivity contribution in [2.24, 2.45) is 23.2 Å². The van der Waals surface area contributed by atoms with E-state index in [-0.39, 0.29) is 23.1 Å². The van der Waals surface area contributed by atoms with Gasteiger partial charge in [-0.2, -0.15) is 0 Å². The molecule has 1 atom stereocenters. The first-order chi connectivity index (χ1) is 11.4. The molecule has 1 aromatic rings. The van der Waals surface area contributed by atoms with Gasteiger partial charge in [0.2, 0.25) is 0 Å². The number of hydrogen-bond acceptors (Lipinski definition) is 3. The van der Waals surface area contributed by atoms with Crippen molar-refractivity contribution in [3.8, 4) is 0 Å². The molecule has 1 aromatic carbocycles. The lowest BCUT2D eigenvalue weighted by Gasteiger charge is -2.59. The third-order valence-corrected chi connectivity index (χ3v) is 6.69. The molecular formula is C19H24N2O3. The van der Waals surface area contributed by atoms with Gasteiger partial charge in [-0.25, -0.2) is 0 Å². The molecule has 4 fully saturated rings. The Labute approximate surface area is 142 Å². The van der Waals surface area contributed by atoms with Crippen LogP contribution in [0.2, 0.25) is 0 Å². The summed E-state index contributed by atoms with van der Waals surface area (Å²) >= 11 is 0. The van der Waals surface area contributed by atoms with Crippen molar-refractivity contribution in [2.75, 3.05) is 0 Å². The highest BCUT2D eigenvalue weighted by Gasteiger charge is 2.53. The fourth-order valence-electron chi connectivity index (χ4n) is 5.88. The minimum Gasteiger partial charge on any atom is -0.349 e. The van der Waals surface area contributed by atoms with E-state index in [0.29, 0.717) is 5.56 Å². The van der Waals surface area contributed by atoms with E-state index in [1.54, 1.807) is 12.1 Å². The van der Waals surface area contributed by atoms with Gasteiger partial charge >= 0.3 is 0 Å². The Morgan fingerprint density at radius 1 is 1.12 bits per heavy atom. The molecule has 1 N–H and O–H groups in total. The summed E-state index contributed by atoms with van der Waals surface area (Å²) in [6.45, 7) is 2.15. The third kappa shape index (κ3) is 2.60. The minimum absolute atomic E-state index is 0.0145. The summed E-state index contributed by atoms with van der Waals surface area (Å²) in [7, 11) is 0. The van der Waals surface area contributed by atoms with Gasteiger partial charge in [-0.3, -0.25) is 14.9 Å². The van der Waals surface area contributed by atoms with Crippen LogP contribution in [0.1, 0.15) is 55.8 Å². The topological polar surface area (TPSA) is 72.2 Å². The summed E-state index contributed by atoms with van der Waals surface area (Å²) in [5.74, 6) is 2.45. The largest absolute Gasteiger partial charge is 0.349 e. The molecule has 0 heterocycles. The van der Waals surface area contributed by atoms with E-state index in [2.05, 4.69) is 12.2 Å². The maximum Gasteiger partial charge on any atom is 0.269 e. The van der Waals surface area contributed by atoms with Crippen LogP contribution in [0.5, 0.6) is 0 Å². The average Bonchev–Trinajstić information content (AvgIpc) is 2.53. The number of nitro benzene ring substituents is 1. The second-order valence-corrected chi connectivity index (χ2v) is 8.28. The van der Waals surface area contributed by atoms with Gasteiger partial charge in [0, 0.05) is 23.7 Å². The monoisotopic (exact) mass is 328 g/mol. The Bertz CT molecular complexity index is 632. The smallest absolute Gasteiger partial charge is 0.269 e. The Hall–Kier alpha value is -1.91. The Morgan fingerprint density at radius 3 is 2.08 bits per heavy atom. The number of carbonyl (C=O) groups excluding carboxylic acids is 1. The van der Waals surface area contributed by atoms with Crippen molar-refractivity contribution in [3.05, 3.63) is 39.9 Å². The molecule has 0 aromatic heterocycles. The van der Waals surface area contributed by atoms with Crippen LogP contribution in [0, 0.1) is 33.3 Å². The first-order valence-corrected chi connectivity index (χ1v) is 9.00. The van der Waals surface area contributed by atoms with Gasteiger partial charge in [0.1, 0.15) is 0 Å². The maximum absolute atomic E-state index is 12.5. The number of nitrogens with one attached hydrogen (secondary N) is 1. The minimum atomic E-state index is -0.445. The van der Waals surface area contributed by atoms with E-state index < -0.39 is 4.92 Å². The SMILES string of the molecule is C[C@H](NC(=O)c1ccc([N+](=O)[O-])cc1)C12CC3CC(CC(C3)C1)C2. The molecule has 4 saturated carbocycles. The zero-order valence-corrected chi connectivity index (χ0v) is 14.0. The lowest BCUT2D eigenvalue weighted by Crippen LogP contribution is -2.55. The van der Waals surface area contributed by atoms with Gasteiger partial charge in [0.05, 0.1) is 4.92 Å². The maximum atomic E-state index is 12.5. The summed E-state index contributed by atoms with van der Waals surface area (Å²) in [6.07, 6.45) is 7.93. The lowest BCUT2D eigenvalue weighted by atomic mass is 9.48. The molecule has 24 heavy (non-hydrogen) atoms. The first-order valence-electron chi connectivity index (χ1n) is 9.00. The Kier molecular flexibility index (Phi) is 3.62. The summed E-state index contributed by atoms with van der Waals surface area (Å²) in [5, 5.41) is 13.9. The van der Waals surface area contributed by atoms with Crippen molar-refractivity contribution in [1.29, 1.82) is 0 Å².